The van der Waals surface area contributed by atoms with Crippen LogP contribution in [0, 0.1) is 6.92 Å². The van der Waals surface area contributed by atoms with Crippen LogP contribution in [0.5, 0.6) is 0 Å². The van der Waals surface area contributed by atoms with E-state index in [1.54, 1.807) is 10.9 Å². The standard InChI is InChI=1S/C19H23N9O/c1-11-9-22-26(3)17(11)13-8-15(27-6-7-29-10-12(27)2)23-19-16(13)18(20)25-28(19)14-4-5-21-24-14/h4-5,8-9,12H,6-7,10H2,1-3H3,(H2,20,25)(H,21,24)/t12-/m1/s1. The molecule has 4 aromatic heterocycles. The molecule has 10 nitrogen and oxygen atoms in total. The predicted molar refractivity (Wildman–Crippen MR) is 110 cm³/mol. The van der Waals surface area contributed by atoms with Crippen molar-refractivity contribution >= 4 is 22.7 Å². The molecule has 0 amide bonds. The van der Waals surface area contributed by atoms with E-state index in [4.69, 9.17) is 15.5 Å². The van der Waals surface area contributed by atoms with E-state index < -0.39 is 0 Å². The van der Waals surface area contributed by atoms with Crippen LogP contribution in [-0.2, 0) is 11.8 Å². The first kappa shape index (κ1) is 17.7. The van der Waals surface area contributed by atoms with Gasteiger partial charge in [0.05, 0.1) is 42.7 Å². The van der Waals surface area contributed by atoms with Crippen molar-refractivity contribution in [1.29, 1.82) is 0 Å². The van der Waals surface area contributed by atoms with Crippen LogP contribution in [0.4, 0.5) is 11.6 Å². The Morgan fingerprint density at radius 1 is 1.34 bits per heavy atom. The van der Waals surface area contributed by atoms with E-state index in [-0.39, 0.29) is 6.04 Å². The molecule has 5 rings (SSSR count). The molecule has 1 saturated heterocycles. The smallest absolute Gasteiger partial charge is 0.169 e. The third kappa shape index (κ3) is 2.75. The number of H-pyrrole nitrogens is 1. The normalized spacial score (nSPS) is 17.3. The van der Waals surface area contributed by atoms with E-state index in [0.717, 1.165) is 34.6 Å². The van der Waals surface area contributed by atoms with E-state index in [1.807, 2.05) is 30.9 Å². The fourth-order valence-corrected chi connectivity index (χ4v) is 4.00. The van der Waals surface area contributed by atoms with Gasteiger partial charge >= 0.3 is 0 Å². The quantitative estimate of drug-likeness (QED) is 0.544. The number of fused-ring (bicyclic) bond motifs is 1. The minimum Gasteiger partial charge on any atom is -0.382 e. The summed E-state index contributed by atoms with van der Waals surface area (Å²) in [5.41, 5.74) is 10.1. The summed E-state index contributed by atoms with van der Waals surface area (Å²) >= 11 is 0. The van der Waals surface area contributed by atoms with E-state index in [9.17, 15) is 0 Å². The molecule has 1 fully saturated rings. The van der Waals surface area contributed by atoms with Crippen molar-refractivity contribution in [3.8, 4) is 17.1 Å². The Kier molecular flexibility index (Phi) is 4.02. The van der Waals surface area contributed by atoms with Crippen LogP contribution in [0.1, 0.15) is 12.5 Å². The van der Waals surface area contributed by atoms with E-state index in [2.05, 4.69) is 38.3 Å². The number of rotatable bonds is 3. The number of hydrogen-bond donors (Lipinski definition) is 2. The zero-order valence-corrected chi connectivity index (χ0v) is 16.6. The van der Waals surface area contributed by atoms with Gasteiger partial charge in [-0.25, -0.2) is 4.98 Å². The largest absolute Gasteiger partial charge is 0.382 e. The molecular formula is C19H23N9O. The van der Waals surface area contributed by atoms with Gasteiger partial charge in [0.25, 0.3) is 0 Å². The van der Waals surface area contributed by atoms with Crippen molar-refractivity contribution in [3.05, 3.63) is 30.1 Å². The summed E-state index contributed by atoms with van der Waals surface area (Å²) in [6.07, 6.45) is 3.53. The molecule has 150 valence electrons. The monoisotopic (exact) mass is 393 g/mol. The number of nitrogens with zero attached hydrogens (tertiary/aromatic N) is 7. The Bertz CT molecular complexity index is 1150. The van der Waals surface area contributed by atoms with Gasteiger partial charge in [0.1, 0.15) is 5.82 Å². The molecular weight excluding hydrogens is 370 g/mol. The molecule has 1 aliphatic rings. The molecule has 0 aliphatic carbocycles. The zero-order valence-electron chi connectivity index (χ0n) is 16.6. The number of pyridine rings is 1. The fourth-order valence-electron chi connectivity index (χ4n) is 4.00. The highest BCUT2D eigenvalue weighted by molar-refractivity contribution is 6.01. The Morgan fingerprint density at radius 3 is 2.90 bits per heavy atom. The number of morpholine rings is 1. The van der Waals surface area contributed by atoms with Gasteiger partial charge in [0, 0.05) is 25.2 Å². The summed E-state index contributed by atoms with van der Waals surface area (Å²) in [6, 6.07) is 4.14. The second kappa shape index (κ2) is 6.59. The Morgan fingerprint density at radius 2 is 2.21 bits per heavy atom. The summed E-state index contributed by atoms with van der Waals surface area (Å²) in [4.78, 5) is 7.23. The maximum Gasteiger partial charge on any atom is 0.169 e. The molecule has 1 atom stereocenters. The third-order valence-corrected chi connectivity index (χ3v) is 5.40. The first-order valence-electron chi connectivity index (χ1n) is 9.57. The van der Waals surface area contributed by atoms with Gasteiger partial charge in [-0.3, -0.25) is 9.78 Å². The van der Waals surface area contributed by atoms with Crippen LogP contribution in [0.2, 0.25) is 0 Å². The predicted octanol–water partition coefficient (Wildman–Crippen LogP) is 1.66. The molecule has 0 saturated carbocycles. The number of nitrogens with one attached hydrogen (secondary N) is 1. The number of nitrogen functional groups attached to an aromatic ring is 1. The Hall–Kier alpha value is -3.40. The average molecular weight is 393 g/mol. The number of aromatic amines is 1. The summed E-state index contributed by atoms with van der Waals surface area (Å²) in [5, 5.41) is 16.8. The topological polar surface area (TPSA) is 116 Å². The number of anilines is 2. The van der Waals surface area contributed by atoms with Gasteiger partial charge in [0.15, 0.2) is 17.3 Å². The molecule has 0 unspecified atom stereocenters. The van der Waals surface area contributed by atoms with Crippen LogP contribution >= 0.6 is 0 Å². The lowest BCUT2D eigenvalue weighted by Crippen LogP contribution is -2.44. The second-order valence-corrected chi connectivity index (χ2v) is 7.38. The lowest BCUT2D eigenvalue weighted by Gasteiger charge is -2.34. The summed E-state index contributed by atoms with van der Waals surface area (Å²) in [7, 11) is 1.93. The molecule has 29 heavy (non-hydrogen) atoms. The highest BCUT2D eigenvalue weighted by atomic mass is 16.5. The molecule has 0 aromatic carbocycles. The first-order valence-corrected chi connectivity index (χ1v) is 9.57. The highest BCUT2D eigenvalue weighted by Crippen LogP contribution is 2.37. The number of aryl methyl sites for hydroxylation is 2. The fraction of sp³-hybridized carbons (Fsp3) is 0.368. The Balaban J connectivity index is 1.82. The third-order valence-electron chi connectivity index (χ3n) is 5.40. The Labute approximate surface area is 167 Å². The summed E-state index contributed by atoms with van der Waals surface area (Å²) in [5.74, 6) is 1.99. The van der Waals surface area contributed by atoms with Crippen molar-refractivity contribution in [2.75, 3.05) is 30.4 Å². The van der Waals surface area contributed by atoms with Crippen molar-refractivity contribution in [1.82, 2.24) is 34.7 Å². The minimum atomic E-state index is 0.218. The van der Waals surface area contributed by atoms with E-state index >= 15 is 0 Å². The van der Waals surface area contributed by atoms with Crippen LogP contribution in [0.3, 0.4) is 0 Å². The molecule has 0 bridgehead atoms. The maximum absolute atomic E-state index is 6.38. The van der Waals surface area contributed by atoms with Gasteiger partial charge in [-0.1, -0.05) is 0 Å². The number of ether oxygens (including phenoxy) is 1. The first-order chi connectivity index (χ1) is 14.0. The van der Waals surface area contributed by atoms with Crippen LogP contribution < -0.4 is 10.6 Å². The molecule has 1 aliphatic heterocycles. The van der Waals surface area contributed by atoms with Crippen molar-refractivity contribution in [2.45, 2.75) is 19.9 Å². The maximum atomic E-state index is 6.38. The van der Waals surface area contributed by atoms with Crippen molar-refractivity contribution in [3.63, 3.8) is 0 Å². The number of nitrogens with two attached hydrogens (primary N) is 1. The zero-order chi connectivity index (χ0) is 20.1. The SMILES string of the molecule is Cc1cnn(C)c1-c1cc(N2CCOC[C@H]2C)nc2c1c(N)nn2-c1ccn[nH]1. The number of aromatic nitrogens is 7. The summed E-state index contributed by atoms with van der Waals surface area (Å²) in [6.45, 7) is 6.30. The lowest BCUT2D eigenvalue weighted by atomic mass is 10.1. The van der Waals surface area contributed by atoms with Gasteiger partial charge < -0.3 is 15.4 Å². The molecule has 3 N–H and O–H groups in total. The van der Waals surface area contributed by atoms with Crippen LogP contribution in [0.15, 0.2) is 24.5 Å². The van der Waals surface area contributed by atoms with Crippen LogP contribution in [-0.4, -0.2) is 60.5 Å². The molecule has 10 heteroatoms. The van der Waals surface area contributed by atoms with E-state index in [1.165, 1.54) is 0 Å². The molecule has 4 aromatic rings. The molecule has 0 spiro atoms. The van der Waals surface area contributed by atoms with Gasteiger partial charge in [-0.2, -0.15) is 14.9 Å². The highest BCUT2D eigenvalue weighted by Gasteiger charge is 2.26. The van der Waals surface area contributed by atoms with E-state index in [0.29, 0.717) is 30.5 Å². The average Bonchev–Trinajstić information content (AvgIpc) is 3.42. The molecule has 0 radical (unpaired) electrons. The summed E-state index contributed by atoms with van der Waals surface area (Å²) < 4.78 is 9.19. The van der Waals surface area contributed by atoms with Gasteiger partial charge in [0.2, 0.25) is 0 Å². The van der Waals surface area contributed by atoms with Crippen molar-refractivity contribution in [2.24, 2.45) is 7.05 Å². The van der Waals surface area contributed by atoms with Crippen LogP contribution in [0.25, 0.3) is 28.1 Å². The second-order valence-electron chi connectivity index (χ2n) is 7.38. The van der Waals surface area contributed by atoms with Crippen molar-refractivity contribution < 1.29 is 4.74 Å². The lowest BCUT2D eigenvalue weighted by molar-refractivity contribution is 0.0985. The number of hydrogen-bond acceptors (Lipinski definition) is 7. The minimum absolute atomic E-state index is 0.218. The van der Waals surface area contributed by atoms with Gasteiger partial charge in [-0.15, -0.1) is 5.10 Å². The van der Waals surface area contributed by atoms with Gasteiger partial charge in [-0.05, 0) is 25.5 Å². The molecule has 5 heterocycles.